The van der Waals surface area contributed by atoms with Gasteiger partial charge < -0.3 is 9.88 Å². The first-order valence-corrected chi connectivity index (χ1v) is 9.80. The zero-order valence-corrected chi connectivity index (χ0v) is 16.2. The Labute approximate surface area is 159 Å². The number of hydrogen-bond acceptors (Lipinski definition) is 5. The standard InChI is InChI=1S/C17H17ClN4OS2/c1-11(16(23)19-10-14-4-3-9-24-14)25-17-21-20-15(22(17)2)12-5-7-13(18)8-6-12/h3-9,11H,10H2,1-2H3,(H,19,23)/t11-/m1/s1. The van der Waals surface area contributed by atoms with Gasteiger partial charge in [-0.05, 0) is 42.6 Å². The van der Waals surface area contributed by atoms with E-state index in [1.54, 1.807) is 11.3 Å². The Morgan fingerprint density at radius 2 is 2.08 bits per heavy atom. The van der Waals surface area contributed by atoms with Gasteiger partial charge in [0.05, 0.1) is 11.8 Å². The normalized spacial score (nSPS) is 12.1. The van der Waals surface area contributed by atoms with Gasteiger partial charge in [0.25, 0.3) is 0 Å². The van der Waals surface area contributed by atoms with Crippen LogP contribution in [0, 0.1) is 0 Å². The zero-order chi connectivity index (χ0) is 17.8. The number of nitrogens with zero attached hydrogens (tertiary/aromatic N) is 3. The van der Waals surface area contributed by atoms with E-state index in [0.717, 1.165) is 16.3 Å². The first-order valence-electron chi connectivity index (χ1n) is 7.66. The lowest BCUT2D eigenvalue weighted by Gasteiger charge is -2.11. The van der Waals surface area contributed by atoms with E-state index in [1.165, 1.54) is 11.8 Å². The first-order chi connectivity index (χ1) is 12.0. The van der Waals surface area contributed by atoms with Gasteiger partial charge in [-0.25, -0.2) is 0 Å². The molecule has 3 aromatic rings. The number of carbonyl (C=O) groups excluding carboxylic acids is 1. The molecule has 1 aromatic carbocycles. The molecule has 8 heteroatoms. The number of nitrogens with one attached hydrogen (secondary N) is 1. The van der Waals surface area contributed by atoms with Gasteiger partial charge in [0.1, 0.15) is 0 Å². The molecular weight excluding hydrogens is 376 g/mol. The van der Waals surface area contributed by atoms with E-state index in [4.69, 9.17) is 11.6 Å². The smallest absolute Gasteiger partial charge is 0.233 e. The van der Waals surface area contributed by atoms with E-state index in [2.05, 4.69) is 15.5 Å². The predicted octanol–water partition coefficient (Wildman–Crippen LogP) is 3.99. The van der Waals surface area contributed by atoms with E-state index in [9.17, 15) is 4.79 Å². The van der Waals surface area contributed by atoms with Gasteiger partial charge >= 0.3 is 0 Å². The van der Waals surface area contributed by atoms with Crippen LogP contribution in [0.1, 0.15) is 11.8 Å². The van der Waals surface area contributed by atoms with Gasteiger partial charge in [0.15, 0.2) is 11.0 Å². The van der Waals surface area contributed by atoms with Crippen LogP contribution in [0.3, 0.4) is 0 Å². The number of amides is 1. The summed E-state index contributed by atoms with van der Waals surface area (Å²) in [5.41, 5.74) is 0.932. The molecule has 1 atom stereocenters. The zero-order valence-electron chi connectivity index (χ0n) is 13.8. The summed E-state index contributed by atoms with van der Waals surface area (Å²) >= 11 is 8.94. The van der Waals surface area contributed by atoms with Gasteiger partial charge in [-0.1, -0.05) is 29.4 Å². The van der Waals surface area contributed by atoms with Gasteiger partial charge in [0, 0.05) is 22.5 Å². The van der Waals surface area contributed by atoms with E-state index in [0.29, 0.717) is 16.7 Å². The molecule has 0 bridgehead atoms. The fourth-order valence-corrected chi connectivity index (χ4v) is 3.82. The maximum atomic E-state index is 12.3. The Balaban J connectivity index is 1.64. The fourth-order valence-electron chi connectivity index (χ4n) is 2.21. The molecule has 0 aliphatic rings. The third-order valence-electron chi connectivity index (χ3n) is 3.61. The lowest BCUT2D eigenvalue weighted by molar-refractivity contribution is -0.120. The van der Waals surface area contributed by atoms with Crippen molar-refractivity contribution in [3.63, 3.8) is 0 Å². The second kappa shape index (κ2) is 8.03. The number of aromatic nitrogens is 3. The van der Waals surface area contributed by atoms with Crippen LogP contribution < -0.4 is 5.32 Å². The van der Waals surface area contributed by atoms with Gasteiger partial charge in [-0.15, -0.1) is 21.5 Å². The third-order valence-corrected chi connectivity index (χ3v) is 5.87. The molecule has 2 aromatic heterocycles. The molecule has 0 aliphatic carbocycles. The largest absolute Gasteiger partial charge is 0.350 e. The van der Waals surface area contributed by atoms with Crippen molar-refractivity contribution in [2.75, 3.05) is 0 Å². The maximum Gasteiger partial charge on any atom is 0.233 e. The number of benzene rings is 1. The molecule has 1 N–H and O–H groups in total. The number of halogens is 1. The average molecular weight is 393 g/mol. The highest BCUT2D eigenvalue weighted by atomic mass is 35.5. The lowest BCUT2D eigenvalue weighted by atomic mass is 10.2. The van der Waals surface area contributed by atoms with Crippen molar-refractivity contribution in [1.82, 2.24) is 20.1 Å². The highest BCUT2D eigenvalue weighted by molar-refractivity contribution is 8.00. The monoisotopic (exact) mass is 392 g/mol. The molecular formula is C17H17ClN4OS2. The molecule has 5 nitrogen and oxygen atoms in total. The SMILES string of the molecule is C[C@@H](Sc1nnc(-c2ccc(Cl)cc2)n1C)C(=O)NCc1cccs1. The fraction of sp³-hybridized carbons (Fsp3) is 0.235. The van der Waals surface area contributed by atoms with Crippen LogP contribution in [0.5, 0.6) is 0 Å². The number of rotatable bonds is 6. The maximum absolute atomic E-state index is 12.3. The van der Waals surface area contributed by atoms with Gasteiger partial charge in [-0.3, -0.25) is 4.79 Å². The number of thioether (sulfide) groups is 1. The molecule has 0 aliphatic heterocycles. The summed E-state index contributed by atoms with van der Waals surface area (Å²) in [6.45, 7) is 2.42. The molecule has 0 unspecified atom stereocenters. The Morgan fingerprint density at radius 3 is 2.76 bits per heavy atom. The molecule has 130 valence electrons. The summed E-state index contributed by atoms with van der Waals surface area (Å²) in [6.07, 6.45) is 0. The number of thiophene rings is 1. The predicted molar refractivity (Wildman–Crippen MR) is 103 cm³/mol. The van der Waals surface area contributed by atoms with Crippen LogP contribution in [0.4, 0.5) is 0 Å². The van der Waals surface area contributed by atoms with Crippen molar-refractivity contribution in [1.29, 1.82) is 0 Å². The van der Waals surface area contributed by atoms with Crippen molar-refractivity contribution in [2.24, 2.45) is 7.05 Å². The topological polar surface area (TPSA) is 59.8 Å². The molecule has 0 saturated carbocycles. The van der Waals surface area contributed by atoms with Crippen molar-refractivity contribution < 1.29 is 4.79 Å². The van der Waals surface area contributed by atoms with Crippen LogP contribution in [-0.2, 0) is 18.4 Å². The van der Waals surface area contributed by atoms with Crippen molar-refractivity contribution in [3.8, 4) is 11.4 Å². The van der Waals surface area contributed by atoms with Crippen LogP contribution in [0.15, 0.2) is 46.9 Å². The second-order valence-electron chi connectivity index (χ2n) is 5.43. The summed E-state index contributed by atoms with van der Waals surface area (Å²) in [5, 5.41) is 14.5. The summed E-state index contributed by atoms with van der Waals surface area (Å²) < 4.78 is 1.89. The minimum absolute atomic E-state index is 0.0190. The van der Waals surface area contributed by atoms with Crippen LogP contribution in [-0.4, -0.2) is 25.9 Å². The molecule has 0 fully saturated rings. The van der Waals surface area contributed by atoms with Crippen LogP contribution >= 0.6 is 34.7 Å². The van der Waals surface area contributed by atoms with Crippen LogP contribution in [0.25, 0.3) is 11.4 Å². The molecule has 0 spiro atoms. The van der Waals surface area contributed by atoms with E-state index < -0.39 is 0 Å². The van der Waals surface area contributed by atoms with E-state index >= 15 is 0 Å². The number of hydrogen-bond donors (Lipinski definition) is 1. The Morgan fingerprint density at radius 1 is 1.32 bits per heavy atom. The van der Waals surface area contributed by atoms with Crippen molar-refractivity contribution >= 4 is 40.6 Å². The molecule has 1 amide bonds. The van der Waals surface area contributed by atoms with Crippen LogP contribution in [0.2, 0.25) is 5.02 Å². The summed E-state index contributed by atoms with van der Waals surface area (Å²) in [5.74, 6) is 0.722. The molecule has 2 heterocycles. The summed E-state index contributed by atoms with van der Waals surface area (Å²) in [7, 11) is 1.89. The Kier molecular flexibility index (Phi) is 5.78. The number of carbonyl (C=O) groups is 1. The molecule has 0 radical (unpaired) electrons. The minimum atomic E-state index is -0.263. The average Bonchev–Trinajstić information content (AvgIpc) is 3.24. The lowest BCUT2D eigenvalue weighted by Crippen LogP contribution is -2.30. The highest BCUT2D eigenvalue weighted by Crippen LogP contribution is 2.26. The van der Waals surface area contributed by atoms with Crippen molar-refractivity contribution in [2.45, 2.75) is 23.9 Å². The third kappa shape index (κ3) is 4.42. The Bertz CT molecular complexity index is 846. The minimum Gasteiger partial charge on any atom is -0.350 e. The molecule has 25 heavy (non-hydrogen) atoms. The molecule has 3 rings (SSSR count). The quantitative estimate of drug-likeness (QED) is 0.644. The van der Waals surface area contributed by atoms with Crippen molar-refractivity contribution in [3.05, 3.63) is 51.7 Å². The first kappa shape index (κ1) is 18.0. The highest BCUT2D eigenvalue weighted by Gasteiger charge is 2.19. The molecule has 0 saturated heterocycles. The summed E-state index contributed by atoms with van der Waals surface area (Å²) in [6, 6.07) is 11.4. The summed E-state index contributed by atoms with van der Waals surface area (Å²) in [4.78, 5) is 13.4. The van der Waals surface area contributed by atoms with Gasteiger partial charge in [0.2, 0.25) is 5.91 Å². The van der Waals surface area contributed by atoms with E-state index in [-0.39, 0.29) is 11.2 Å². The Hall–Kier alpha value is -1.83. The van der Waals surface area contributed by atoms with Gasteiger partial charge in [-0.2, -0.15) is 0 Å². The van der Waals surface area contributed by atoms with E-state index in [1.807, 2.05) is 60.3 Å². The second-order valence-corrected chi connectivity index (χ2v) is 8.21.